The van der Waals surface area contributed by atoms with Crippen molar-refractivity contribution in [3.8, 4) is 5.75 Å². The molecule has 1 aromatic rings. The third-order valence-corrected chi connectivity index (χ3v) is 3.65. The number of ether oxygens (including phenoxy) is 1. The number of carbonyl (C=O) groups excluding carboxylic acids is 1. The molecule has 2 rings (SSSR count). The second kappa shape index (κ2) is 6.91. The Morgan fingerprint density at radius 3 is 2.81 bits per heavy atom. The van der Waals surface area contributed by atoms with Gasteiger partial charge in [-0.3, -0.25) is 4.79 Å². The van der Waals surface area contributed by atoms with Gasteiger partial charge in [0, 0.05) is 19.1 Å². The van der Waals surface area contributed by atoms with E-state index in [4.69, 9.17) is 4.74 Å². The summed E-state index contributed by atoms with van der Waals surface area (Å²) in [4.78, 5) is 16.6. The van der Waals surface area contributed by atoms with Gasteiger partial charge in [-0.15, -0.1) is 0 Å². The summed E-state index contributed by atoms with van der Waals surface area (Å²) in [6.07, 6.45) is 0.180. The number of aliphatic hydroxyl groups excluding tert-OH is 1. The largest absolute Gasteiger partial charge is 0.493 e. The predicted octanol–water partition coefficient (Wildman–Crippen LogP) is 1.22. The van der Waals surface area contributed by atoms with Crippen LogP contribution in [0.3, 0.4) is 0 Å². The second-order valence-corrected chi connectivity index (χ2v) is 5.69. The minimum Gasteiger partial charge on any atom is -0.493 e. The van der Waals surface area contributed by atoms with Crippen LogP contribution in [-0.2, 0) is 0 Å². The van der Waals surface area contributed by atoms with E-state index < -0.39 is 6.10 Å². The molecule has 5 heteroatoms. The van der Waals surface area contributed by atoms with Gasteiger partial charge in [0.1, 0.15) is 5.75 Å². The molecule has 1 heterocycles. The maximum Gasteiger partial charge on any atom is 0.258 e. The van der Waals surface area contributed by atoms with Crippen molar-refractivity contribution >= 4 is 5.91 Å². The first-order valence-electron chi connectivity index (χ1n) is 7.38. The van der Waals surface area contributed by atoms with Gasteiger partial charge >= 0.3 is 0 Å². The van der Waals surface area contributed by atoms with Crippen LogP contribution in [0.5, 0.6) is 5.75 Å². The molecule has 0 aromatic heterocycles. The van der Waals surface area contributed by atoms with E-state index in [1.54, 1.807) is 11.0 Å². The zero-order chi connectivity index (χ0) is 15.4. The van der Waals surface area contributed by atoms with E-state index in [2.05, 4.69) is 0 Å². The summed E-state index contributed by atoms with van der Waals surface area (Å²) in [5.41, 5.74) is 0.567. The third kappa shape index (κ3) is 3.74. The molecule has 0 radical (unpaired) electrons. The molecular weight excluding hydrogens is 268 g/mol. The molecule has 1 amide bonds. The Labute approximate surface area is 126 Å². The lowest BCUT2D eigenvalue weighted by Crippen LogP contribution is -2.41. The van der Waals surface area contributed by atoms with Crippen molar-refractivity contribution in [2.24, 2.45) is 0 Å². The van der Waals surface area contributed by atoms with E-state index in [1.807, 2.05) is 44.1 Å². The van der Waals surface area contributed by atoms with Crippen LogP contribution in [0.2, 0.25) is 0 Å². The van der Waals surface area contributed by atoms with Crippen LogP contribution >= 0.6 is 0 Å². The van der Waals surface area contributed by atoms with Gasteiger partial charge in [-0.2, -0.15) is 0 Å². The summed E-state index contributed by atoms with van der Waals surface area (Å²) < 4.78 is 5.54. The van der Waals surface area contributed by atoms with Gasteiger partial charge in [0.2, 0.25) is 0 Å². The highest BCUT2D eigenvalue weighted by atomic mass is 16.5. The standard InChI is InChI=1S/C16H24N2O3/c1-4-21-15-8-6-5-7-14(15)16(20)18-11-13(19)9-12(18)10-17(2)3/h5-8,12-13,19H,4,9-11H2,1-3H3. The molecule has 1 fully saturated rings. The Morgan fingerprint density at radius 2 is 2.14 bits per heavy atom. The first-order valence-corrected chi connectivity index (χ1v) is 7.38. The van der Waals surface area contributed by atoms with Crippen molar-refractivity contribution in [3.63, 3.8) is 0 Å². The minimum absolute atomic E-state index is 0.0391. The Morgan fingerprint density at radius 1 is 1.43 bits per heavy atom. The lowest BCUT2D eigenvalue weighted by molar-refractivity contribution is 0.0695. The first-order chi connectivity index (χ1) is 10.0. The molecule has 1 aliphatic rings. The highest BCUT2D eigenvalue weighted by Crippen LogP contribution is 2.25. The SMILES string of the molecule is CCOc1ccccc1C(=O)N1CC(O)CC1CN(C)C. The smallest absolute Gasteiger partial charge is 0.258 e. The number of amides is 1. The number of carbonyl (C=O) groups is 1. The highest BCUT2D eigenvalue weighted by molar-refractivity contribution is 5.97. The molecule has 0 spiro atoms. The molecule has 0 saturated carbocycles. The van der Waals surface area contributed by atoms with Crippen LogP contribution in [0.25, 0.3) is 0 Å². The van der Waals surface area contributed by atoms with E-state index >= 15 is 0 Å². The van der Waals surface area contributed by atoms with E-state index in [9.17, 15) is 9.90 Å². The highest BCUT2D eigenvalue weighted by Gasteiger charge is 2.35. The number of nitrogens with zero attached hydrogens (tertiary/aromatic N) is 2. The molecular formula is C16H24N2O3. The molecule has 21 heavy (non-hydrogen) atoms. The fraction of sp³-hybridized carbons (Fsp3) is 0.562. The number of likely N-dealkylation sites (N-methyl/N-ethyl adjacent to an activating group) is 1. The average Bonchev–Trinajstić information content (AvgIpc) is 2.79. The Hall–Kier alpha value is -1.59. The van der Waals surface area contributed by atoms with E-state index in [0.29, 0.717) is 30.9 Å². The third-order valence-electron chi connectivity index (χ3n) is 3.65. The normalized spacial score (nSPS) is 21.9. The van der Waals surface area contributed by atoms with Gasteiger partial charge in [-0.05, 0) is 39.6 Å². The predicted molar refractivity (Wildman–Crippen MR) is 81.6 cm³/mol. The van der Waals surface area contributed by atoms with Crippen LogP contribution in [0.1, 0.15) is 23.7 Å². The quantitative estimate of drug-likeness (QED) is 0.886. The van der Waals surface area contributed by atoms with Crippen molar-refractivity contribution in [2.45, 2.75) is 25.5 Å². The van der Waals surface area contributed by atoms with Gasteiger partial charge in [0.05, 0.1) is 18.3 Å². The topological polar surface area (TPSA) is 53.0 Å². The van der Waals surface area contributed by atoms with Crippen molar-refractivity contribution < 1.29 is 14.6 Å². The number of para-hydroxylation sites is 1. The summed E-state index contributed by atoms with van der Waals surface area (Å²) in [7, 11) is 3.95. The van der Waals surface area contributed by atoms with Gasteiger partial charge < -0.3 is 19.6 Å². The summed E-state index contributed by atoms with van der Waals surface area (Å²) in [5.74, 6) is 0.539. The monoisotopic (exact) mass is 292 g/mol. The zero-order valence-electron chi connectivity index (χ0n) is 13.0. The maximum atomic E-state index is 12.8. The molecule has 1 saturated heterocycles. The summed E-state index contributed by atoms with van der Waals surface area (Å²) in [5, 5.41) is 9.91. The number of likely N-dealkylation sites (tertiary alicyclic amines) is 1. The molecule has 116 valence electrons. The minimum atomic E-state index is -0.446. The average molecular weight is 292 g/mol. The molecule has 1 N–H and O–H groups in total. The van der Waals surface area contributed by atoms with E-state index in [-0.39, 0.29) is 11.9 Å². The van der Waals surface area contributed by atoms with Crippen LogP contribution in [-0.4, -0.2) is 66.8 Å². The van der Waals surface area contributed by atoms with Crippen molar-refractivity contribution in [1.82, 2.24) is 9.80 Å². The lowest BCUT2D eigenvalue weighted by atomic mass is 10.1. The van der Waals surface area contributed by atoms with Crippen LogP contribution < -0.4 is 4.74 Å². The second-order valence-electron chi connectivity index (χ2n) is 5.69. The number of aliphatic hydroxyl groups is 1. The fourth-order valence-electron chi connectivity index (χ4n) is 2.81. The number of hydrogen-bond donors (Lipinski definition) is 1. The van der Waals surface area contributed by atoms with Crippen molar-refractivity contribution in [2.75, 3.05) is 33.8 Å². The Bertz CT molecular complexity index is 490. The van der Waals surface area contributed by atoms with Gasteiger partial charge in [-0.25, -0.2) is 0 Å². The maximum absolute atomic E-state index is 12.8. The van der Waals surface area contributed by atoms with Crippen LogP contribution in [0.15, 0.2) is 24.3 Å². The Kier molecular flexibility index (Phi) is 5.20. The van der Waals surface area contributed by atoms with Gasteiger partial charge in [0.15, 0.2) is 0 Å². The fourth-order valence-corrected chi connectivity index (χ4v) is 2.81. The van der Waals surface area contributed by atoms with Crippen molar-refractivity contribution in [1.29, 1.82) is 0 Å². The number of β-amino-alcohol motifs (C(OH)–C–C–N with tert-alkyl or cyclic N) is 1. The zero-order valence-corrected chi connectivity index (χ0v) is 13.0. The Balaban J connectivity index is 2.21. The molecule has 0 bridgehead atoms. The molecule has 2 unspecified atom stereocenters. The molecule has 1 aliphatic heterocycles. The summed E-state index contributed by atoms with van der Waals surface area (Å²) in [6.45, 7) is 3.56. The number of benzene rings is 1. The van der Waals surface area contributed by atoms with E-state index in [1.165, 1.54) is 0 Å². The van der Waals surface area contributed by atoms with Crippen LogP contribution in [0.4, 0.5) is 0 Å². The van der Waals surface area contributed by atoms with Gasteiger partial charge in [-0.1, -0.05) is 12.1 Å². The van der Waals surface area contributed by atoms with Crippen molar-refractivity contribution in [3.05, 3.63) is 29.8 Å². The molecule has 0 aliphatic carbocycles. The summed E-state index contributed by atoms with van der Waals surface area (Å²) in [6, 6.07) is 7.33. The van der Waals surface area contributed by atoms with Gasteiger partial charge in [0.25, 0.3) is 5.91 Å². The number of rotatable bonds is 5. The number of hydrogen-bond acceptors (Lipinski definition) is 4. The first kappa shape index (κ1) is 15.8. The lowest BCUT2D eigenvalue weighted by Gasteiger charge is -2.27. The van der Waals surface area contributed by atoms with Crippen LogP contribution in [0, 0.1) is 0 Å². The van der Waals surface area contributed by atoms with E-state index in [0.717, 1.165) is 6.54 Å². The summed E-state index contributed by atoms with van der Waals surface area (Å²) >= 11 is 0. The molecule has 5 nitrogen and oxygen atoms in total. The molecule has 2 atom stereocenters. The molecule has 1 aromatic carbocycles.